The lowest BCUT2D eigenvalue weighted by atomic mass is 10.1. The molecule has 1 saturated heterocycles. The Labute approximate surface area is 164 Å². The molecule has 1 aliphatic heterocycles. The number of anilines is 1. The molecule has 4 rings (SSSR count). The zero-order valence-corrected chi connectivity index (χ0v) is 15.9. The number of nitrogens with zero attached hydrogens (tertiary/aromatic N) is 3. The van der Waals surface area contributed by atoms with Gasteiger partial charge in [-0.25, -0.2) is 4.39 Å². The van der Waals surface area contributed by atoms with E-state index in [0.717, 1.165) is 44.7 Å². The summed E-state index contributed by atoms with van der Waals surface area (Å²) in [6.07, 6.45) is 3.16. The number of hydrogen-bond acceptors (Lipinski definition) is 4. The van der Waals surface area contributed by atoms with E-state index in [4.69, 9.17) is 0 Å². The Morgan fingerprint density at radius 2 is 1.79 bits per heavy atom. The molecule has 0 N–H and O–H groups in total. The molecule has 5 heteroatoms. The molecular formula is C23H24FN3O. The third-order valence-electron chi connectivity index (χ3n) is 5.37. The molecule has 0 saturated carbocycles. The lowest BCUT2D eigenvalue weighted by Crippen LogP contribution is -2.46. The van der Waals surface area contributed by atoms with E-state index >= 15 is 0 Å². The highest BCUT2D eigenvalue weighted by molar-refractivity contribution is 5.95. The first kappa shape index (κ1) is 18.6. The Bertz CT molecular complexity index is 949. The summed E-state index contributed by atoms with van der Waals surface area (Å²) in [6, 6.07) is 16.3. The number of rotatable bonds is 6. The zero-order valence-electron chi connectivity index (χ0n) is 15.9. The van der Waals surface area contributed by atoms with Crippen LogP contribution >= 0.6 is 0 Å². The third kappa shape index (κ3) is 4.37. The molecule has 0 aliphatic carbocycles. The van der Waals surface area contributed by atoms with Crippen molar-refractivity contribution in [2.75, 3.05) is 37.6 Å². The number of aromatic nitrogens is 1. The van der Waals surface area contributed by atoms with Gasteiger partial charge in [-0.15, -0.1) is 0 Å². The van der Waals surface area contributed by atoms with Gasteiger partial charge in [0.15, 0.2) is 5.78 Å². The van der Waals surface area contributed by atoms with Gasteiger partial charge < -0.3 is 4.90 Å². The van der Waals surface area contributed by atoms with Crippen molar-refractivity contribution in [3.05, 3.63) is 72.2 Å². The summed E-state index contributed by atoms with van der Waals surface area (Å²) in [4.78, 5) is 21.4. The first-order valence-corrected chi connectivity index (χ1v) is 9.80. The van der Waals surface area contributed by atoms with Crippen LogP contribution in [0, 0.1) is 5.82 Å². The standard InChI is InChI=1S/C23H24FN3O/c24-20-7-5-18(6-8-20)23(28)4-2-12-26-13-15-27(16-14-26)21-9-10-22-19(17-21)3-1-11-25-22/h1,3,5-11,17H,2,4,12-16H2. The van der Waals surface area contributed by atoms with Crippen molar-refractivity contribution >= 4 is 22.4 Å². The van der Waals surface area contributed by atoms with Crippen LogP contribution in [0.5, 0.6) is 0 Å². The number of carbonyl (C=O) groups is 1. The largest absolute Gasteiger partial charge is 0.369 e. The monoisotopic (exact) mass is 377 g/mol. The normalized spacial score (nSPS) is 15.1. The van der Waals surface area contributed by atoms with Gasteiger partial charge in [-0.05, 0) is 61.5 Å². The van der Waals surface area contributed by atoms with E-state index in [1.807, 2.05) is 12.3 Å². The van der Waals surface area contributed by atoms with E-state index in [2.05, 4.69) is 39.0 Å². The molecular weight excluding hydrogens is 353 g/mol. The predicted molar refractivity (Wildman–Crippen MR) is 110 cm³/mol. The number of hydrogen-bond donors (Lipinski definition) is 0. The SMILES string of the molecule is O=C(CCCN1CCN(c2ccc3ncccc3c2)CC1)c1ccc(F)cc1. The number of pyridine rings is 1. The van der Waals surface area contributed by atoms with Crippen molar-refractivity contribution < 1.29 is 9.18 Å². The summed E-state index contributed by atoms with van der Waals surface area (Å²) >= 11 is 0. The van der Waals surface area contributed by atoms with Crippen LogP contribution in [-0.4, -0.2) is 48.4 Å². The molecule has 1 aliphatic rings. The smallest absolute Gasteiger partial charge is 0.162 e. The highest BCUT2D eigenvalue weighted by Gasteiger charge is 2.17. The van der Waals surface area contributed by atoms with Crippen LogP contribution in [0.1, 0.15) is 23.2 Å². The Balaban J connectivity index is 1.25. The van der Waals surface area contributed by atoms with Gasteiger partial charge in [-0.3, -0.25) is 14.7 Å². The number of carbonyl (C=O) groups excluding carboxylic acids is 1. The van der Waals surface area contributed by atoms with Crippen molar-refractivity contribution in [3.63, 3.8) is 0 Å². The fraction of sp³-hybridized carbons (Fsp3) is 0.304. The lowest BCUT2D eigenvalue weighted by molar-refractivity contribution is 0.0974. The summed E-state index contributed by atoms with van der Waals surface area (Å²) in [5.41, 5.74) is 2.86. The van der Waals surface area contributed by atoms with E-state index in [-0.39, 0.29) is 11.6 Å². The van der Waals surface area contributed by atoms with Crippen LogP contribution in [0.25, 0.3) is 10.9 Å². The van der Waals surface area contributed by atoms with E-state index < -0.39 is 0 Å². The number of benzene rings is 2. The van der Waals surface area contributed by atoms with Crippen molar-refractivity contribution in [2.24, 2.45) is 0 Å². The second kappa shape index (κ2) is 8.48. The molecule has 0 bridgehead atoms. The number of piperazine rings is 1. The molecule has 0 atom stereocenters. The number of halogens is 1. The average molecular weight is 377 g/mol. The Morgan fingerprint density at radius 3 is 2.57 bits per heavy atom. The summed E-state index contributed by atoms with van der Waals surface area (Å²) in [5.74, 6) is -0.222. The predicted octanol–water partition coefficient (Wildman–Crippen LogP) is 4.16. The van der Waals surface area contributed by atoms with E-state index in [0.29, 0.717) is 12.0 Å². The quantitative estimate of drug-likeness (QED) is 0.605. The molecule has 1 fully saturated rings. The number of fused-ring (bicyclic) bond motifs is 1. The van der Waals surface area contributed by atoms with Gasteiger partial charge in [0.05, 0.1) is 5.52 Å². The molecule has 1 aromatic heterocycles. The lowest BCUT2D eigenvalue weighted by Gasteiger charge is -2.36. The van der Waals surface area contributed by atoms with Gasteiger partial charge in [0, 0.05) is 55.4 Å². The van der Waals surface area contributed by atoms with Gasteiger partial charge in [-0.1, -0.05) is 6.07 Å². The van der Waals surface area contributed by atoms with E-state index in [9.17, 15) is 9.18 Å². The molecule has 4 nitrogen and oxygen atoms in total. The maximum atomic E-state index is 13.0. The van der Waals surface area contributed by atoms with Crippen LogP contribution in [0.15, 0.2) is 60.8 Å². The average Bonchev–Trinajstić information content (AvgIpc) is 2.74. The summed E-state index contributed by atoms with van der Waals surface area (Å²) in [5, 5.41) is 1.17. The molecule has 0 amide bonds. The topological polar surface area (TPSA) is 36.4 Å². The third-order valence-corrected chi connectivity index (χ3v) is 5.37. The first-order chi connectivity index (χ1) is 13.7. The molecule has 0 unspecified atom stereocenters. The fourth-order valence-corrected chi connectivity index (χ4v) is 3.73. The highest BCUT2D eigenvalue weighted by atomic mass is 19.1. The first-order valence-electron chi connectivity index (χ1n) is 9.80. The Kier molecular flexibility index (Phi) is 5.63. The van der Waals surface area contributed by atoms with Crippen molar-refractivity contribution in [1.82, 2.24) is 9.88 Å². The zero-order chi connectivity index (χ0) is 19.3. The molecule has 2 aromatic carbocycles. The van der Waals surface area contributed by atoms with Crippen LogP contribution in [0.4, 0.5) is 10.1 Å². The van der Waals surface area contributed by atoms with Crippen LogP contribution in [-0.2, 0) is 0 Å². The minimum atomic E-state index is -0.308. The van der Waals surface area contributed by atoms with Gasteiger partial charge in [0.1, 0.15) is 5.82 Å². The second-order valence-corrected chi connectivity index (χ2v) is 7.24. The van der Waals surface area contributed by atoms with Crippen LogP contribution in [0.2, 0.25) is 0 Å². The van der Waals surface area contributed by atoms with Crippen molar-refractivity contribution in [2.45, 2.75) is 12.8 Å². The molecule has 3 aromatic rings. The van der Waals surface area contributed by atoms with Gasteiger partial charge >= 0.3 is 0 Å². The van der Waals surface area contributed by atoms with Gasteiger partial charge in [-0.2, -0.15) is 0 Å². The molecule has 0 spiro atoms. The fourth-order valence-electron chi connectivity index (χ4n) is 3.73. The van der Waals surface area contributed by atoms with E-state index in [1.165, 1.54) is 23.2 Å². The second-order valence-electron chi connectivity index (χ2n) is 7.24. The number of Topliss-reactive ketones (excluding diaryl/α,β-unsaturated/α-hetero) is 1. The maximum Gasteiger partial charge on any atom is 0.162 e. The van der Waals surface area contributed by atoms with Gasteiger partial charge in [0.2, 0.25) is 0 Å². The molecule has 0 radical (unpaired) electrons. The highest BCUT2D eigenvalue weighted by Crippen LogP contribution is 2.22. The van der Waals surface area contributed by atoms with Crippen molar-refractivity contribution in [3.8, 4) is 0 Å². The van der Waals surface area contributed by atoms with Gasteiger partial charge in [0.25, 0.3) is 0 Å². The number of ketones is 1. The molecule has 144 valence electrons. The summed E-state index contributed by atoms with van der Waals surface area (Å²) in [7, 11) is 0. The summed E-state index contributed by atoms with van der Waals surface area (Å²) in [6.45, 7) is 4.88. The van der Waals surface area contributed by atoms with Crippen LogP contribution < -0.4 is 4.90 Å². The maximum absolute atomic E-state index is 13.0. The Hall–Kier alpha value is -2.79. The minimum absolute atomic E-state index is 0.0865. The van der Waals surface area contributed by atoms with Crippen molar-refractivity contribution in [1.29, 1.82) is 0 Å². The molecule has 28 heavy (non-hydrogen) atoms. The molecule has 2 heterocycles. The van der Waals surface area contributed by atoms with E-state index in [1.54, 1.807) is 12.1 Å². The minimum Gasteiger partial charge on any atom is -0.369 e. The summed E-state index contributed by atoms with van der Waals surface area (Å²) < 4.78 is 13.0. The van der Waals surface area contributed by atoms with Crippen LogP contribution in [0.3, 0.4) is 0 Å². The Morgan fingerprint density at radius 1 is 1.00 bits per heavy atom.